The van der Waals surface area contributed by atoms with Crippen molar-refractivity contribution in [3.8, 4) is 11.5 Å². The van der Waals surface area contributed by atoms with Gasteiger partial charge in [-0.2, -0.15) is 0 Å². The number of ether oxygens (including phenoxy) is 1. The van der Waals surface area contributed by atoms with E-state index in [9.17, 15) is 9.59 Å². The van der Waals surface area contributed by atoms with Crippen LogP contribution in [0, 0.1) is 5.41 Å². The molecule has 3 aromatic rings. The van der Waals surface area contributed by atoms with Gasteiger partial charge in [-0.1, -0.05) is 41.9 Å². The Labute approximate surface area is 198 Å². The largest absolute Gasteiger partial charge is 0.457 e. The van der Waals surface area contributed by atoms with Gasteiger partial charge in [0, 0.05) is 35.9 Å². The number of hydrogen-bond donors (Lipinski definition) is 0. The molecule has 1 spiro atoms. The molecule has 0 atom stereocenters. The number of carbonyl (C=O) groups is 2. The lowest BCUT2D eigenvalue weighted by molar-refractivity contribution is -0.127. The van der Waals surface area contributed by atoms with Crippen molar-refractivity contribution in [1.82, 2.24) is 4.90 Å². The van der Waals surface area contributed by atoms with Gasteiger partial charge in [-0.15, -0.1) is 0 Å². The van der Waals surface area contributed by atoms with Gasteiger partial charge in [0.2, 0.25) is 5.91 Å². The molecule has 0 bridgehead atoms. The fraction of sp³-hybridized carbons (Fsp3) is 0.259. The van der Waals surface area contributed by atoms with Crippen LogP contribution >= 0.6 is 11.6 Å². The zero-order valence-electron chi connectivity index (χ0n) is 18.2. The first-order valence-electron chi connectivity index (χ1n) is 11.2. The predicted molar refractivity (Wildman–Crippen MR) is 129 cm³/mol. The van der Waals surface area contributed by atoms with Gasteiger partial charge in [-0.05, 0) is 67.8 Å². The summed E-state index contributed by atoms with van der Waals surface area (Å²) in [6.45, 7) is 1.82. The molecule has 0 aromatic heterocycles. The molecule has 2 fully saturated rings. The first-order valence-corrected chi connectivity index (χ1v) is 11.6. The molecule has 3 aromatic carbocycles. The van der Waals surface area contributed by atoms with Crippen LogP contribution in [-0.4, -0.2) is 36.3 Å². The van der Waals surface area contributed by atoms with Crippen molar-refractivity contribution in [1.29, 1.82) is 0 Å². The molecule has 0 unspecified atom stereocenters. The van der Waals surface area contributed by atoms with Crippen molar-refractivity contribution in [3.05, 3.63) is 89.4 Å². The molecule has 5 nitrogen and oxygen atoms in total. The van der Waals surface area contributed by atoms with Crippen LogP contribution in [0.4, 0.5) is 5.69 Å². The van der Waals surface area contributed by atoms with Gasteiger partial charge in [0.05, 0.1) is 5.41 Å². The number of anilines is 1. The van der Waals surface area contributed by atoms with E-state index in [-0.39, 0.29) is 11.8 Å². The summed E-state index contributed by atoms with van der Waals surface area (Å²) in [5.41, 5.74) is 1.05. The summed E-state index contributed by atoms with van der Waals surface area (Å²) in [5, 5.41) is 0.625. The Hall–Kier alpha value is -3.31. The maximum absolute atomic E-state index is 13.3. The van der Waals surface area contributed by atoms with Gasteiger partial charge < -0.3 is 14.5 Å². The smallest absolute Gasteiger partial charge is 0.253 e. The number of hydrogen-bond acceptors (Lipinski definition) is 3. The first kappa shape index (κ1) is 21.5. The van der Waals surface area contributed by atoms with E-state index in [1.54, 1.807) is 6.07 Å². The molecule has 2 saturated heterocycles. The number of piperidine rings is 1. The number of amides is 2. The number of halogens is 1. The fourth-order valence-electron chi connectivity index (χ4n) is 4.81. The summed E-state index contributed by atoms with van der Waals surface area (Å²) in [6, 6.07) is 24.2. The Bertz CT molecular complexity index is 1170. The Kier molecular flexibility index (Phi) is 5.81. The van der Waals surface area contributed by atoms with Gasteiger partial charge in [0.15, 0.2) is 0 Å². The number of para-hydroxylation sites is 1. The van der Waals surface area contributed by atoms with Crippen molar-refractivity contribution in [2.75, 3.05) is 24.5 Å². The summed E-state index contributed by atoms with van der Waals surface area (Å²) < 4.78 is 5.88. The minimum atomic E-state index is -0.392. The average Bonchev–Trinajstić information content (AvgIpc) is 3.15. The van der Waals surface area contributed by atoms with Crippen molar-refractivity contribution in [2.45, 2.75) is 19.3 Å². The molecule has 33 heavy (non-hydrogen) atoms. The van der Waals surface area contributed by atoms with Crippen molar-refractivity contribution < 1.29 is 14.3 Å². The van der Waals surface area contributed by atoms with Gasteiger partial charge in [-0.25, -0.2) is 0 Å². The predicted octanol–water partition coefficient (Wildman–Crippen LogP) is 5.79. The molecule has 0 radical (unpaired) electrons. The maximum Gasteiger partial charge on any atom is 0.253 e. The number of nitrogens with zero attached hydrogens (tertiary/aromatic N) is 2. The number of likely N-dealkylation sites (tertiary alicyclic amines) is 1. The van der Waals surface area contributed by atoms with Crippen LogP contribution in [-0.2, 0) is 4.79 Å². The molecule has 0 saturated carbocycles. The van der Waals surface area contributed by atoms with E-state index in [1.165, 1.54) is 0 Å². The second-order valence-corrected chi connectivity index (χ2v) is 9.14. The first-order chi connectivity index (χ1) is 16.0. The van der Waals surface area contributed by atoms with Crippen LogP contribution in [0.2, 0.25) is 5.02 Å². The van der Waals surface area contributed by atoms with Crippen LogP contribution in [0.25, 0.3) is 0 Å². The maximum atomic E-state index is 13.3. The molecule has 5 rings (SSSR count). The van der Waals surface area contributed by atoms with E-state index in [0.717, 1.165) is 17.9 Å². The molecule has 2 aliphatic heterocycles. The standard InChI is InChI=1S/C27H25ClN2O3/c28-21-7-5-8-22(19-21)30-17-14-27(26(30)32)12-15-29(16-13-27)25(31)20-6-4-11-24(18-20)33-23-9-2-1-3-10-23/h1-11,18-19H,12-17H2. The minimum Gasteiger partial charge on any atom is -0.457 e. The summed E-state index contributed by atoms with van der Waals surface area (Å²) >= 11 is 6.13. The van der Waals surface area contributed by atoms with Crippen LogP contribution < -0.4 is 9.64 Å². The molecule has 168 valence electrons. The van der Waals surface area contributed by atoms with Crippen molar-refractivity contribution in [2.24, 2.45) is 5.41 Å². The lowest BCUT2D eigenvalue weighted by Crippen LogP contribution is -2.46. The van der Waals surface area contributed by atoms with E-state index in [4.69, 9.17) is 16.3 Å². The molecular weight excluding hydrogens is 436 g/mol. The normalized spacial score (nSPS) is 17.4. The summed E-state index contributed by atoms with van der Waals surface area (Å²) in [4.78, 5) is 30.2. The lowest BCUT2D eigenvalue weighted by atomic mass is 9.77. The molecule has 0 aliphatic carbocycles. The Morgan fingerprint density at radius 1 is 0.818 bits per heavy atom. The summed E-state index contributed by atoms with van der Waals surface area (Å²) in [6.07, 6.45) is 2.16. The molecular formula is C27H25ClN2O3. The highest BCUT2D eigenvalue weighted by molar-refractivity contribution is 6.31. The Morgan fingerprint density at radius 2 is 1.52 bits per heavy atom. The van der Waals surface area contributed by atoms with E-state index >= 15 is 0 Å². The topological polar surface area (TPSA) is 49.9 Å². The van der Waals surface area contributed by atoms with E-state index in [2.05, 4.69) is 0 Å². The van der Waals surface area contributed by atoms with Crippen LogP contribution in [0.3, 0.4) is 0 Å². The highest BCUT2D eigenvalue weighted by Gasteiger charge is 2.49. The Balaban J connectivity index is 1.25. The zero-order chi connectivity index (χ0) is 22.8. The fourth-order valence-corrected chi connectivity index (χ4v) is 5.00. The second-order valence-electron chi connectivity index (χ2n) is 8.70. The Morgan fingerprint density at radius 3 is 2.27 bits per heavy atom. The third-order valence-corrected chi connectivity index (χ3v) is 6.94. The molecule has 0 N–H and O–H groups in total. The van der Waals surface area contributed by atoms with Crippen LogP contribution in [0.1, 0.15) is 29.6 Å². The van der Waals surface area contributed by atoms with Gasteiger partial charge in [0.25, 0.3) is 5.91 Å². The third kappa shape index (κ3) is 4.33. The average molecular weight is 461 g/mol. The monoisotopic (exact) mass is 460 g/mol. The SMILES string of the molecule is O=C(c1cccc(Oc2ccccc2)c1)N1CCC2(CC1)CCN(c1cccc(Cl)c1)C2=O. The number of carbonyl (C=O) groups excluding carboxylic acids is 2. The minimum absolute atomic E-state index is 0.0273. The van der Waals surface area contributed by atoms with Gasteiger partial charge >= 0.3 is 0 Å². The van der Waals surface area contributed by atoms with Crippen molar-refractivity contribution in [3.63, 3.8) is 0 Å². The van der Waals surface area contributed by atoms with Crippen molar-refractivity contribution >= 4 is 29.1 Å². The third-order valence-electron chi connectivity index (χ3n) is 6.70. The summed E-state index contributed by atoms with van der Waals surface area (Å²) in [7, 11) is 0. The van der Waals surface area contributed by atoms with Gasteiger partial charge in [-0.3, -0.25) is 9.59 Å². The van der Waals surface area contributed by atoms with E-state index < -0.39 is 5.41 Å². The zero-order valence-corrected chi connectivity index (χ0v) is 19.0. The molecule has 2 heterocycles. The van der Waals surface area contributed by atoms with Gasteiger partial charge in [0.1, 0.15) is 11.5 Å². The van der Waals surface area contributed by atoms with E-state index in [1.807, 2.05) is 82.6 Å². The van der Waals surface area contributed by atoms with Crippen LogP contribution in [0.5, 0.6) is 11.5 Å². The second kappa shape index (κ2) is 8.91. The highest BCUT2D eigenvalue weighted by Crippen LogP contribution is 2.43. The lowest BCUT2D eigenvalue weighted by Gasteiger charge is -2.38. The quantitative estimate of drug-likeness (QED) is 0.495. The number of benzene rings is 3. The molecule has 2 aliphatic rings. The number of rotatable bonds is 4. The summed E-state index contributed by atoms with van der Waals surface area (Å²) in [5.74, 6) is 1.48. The van der Waals surface area contributed by atoms with Crippen LogP contribution in [0.15, 0.2) is 78.9 Å². The molecule has 2 amide bonds. The van der Waals surface area contributed by atoms with E-state index in [0.29, 0.717) is 48.8 Å². The highest BCUT2D eigenvalue weighted by atomic mass is 35.5. The molecule has 6 heteroatoms.